The fraction of sp³-hybridized carbons (Fsp3) is 0.333. The third-order valence-electron chi connectivity index (χ3n) is 4.50. The summed E-state index contributed by atoms with van der Waals surface area (Å²) in [6.45, 7) is 0.464. The highest BCUT2D eigenvalue weighted by molar-refractivity contribution is 8.00. The zero-order chi connectivity index (χ0) is 22.4. The Balaban J connectivity index is 1.71. The molecule has 0 radical (unpaired) electrons. The second-order valence-corrected chi connectivity index (χ2v) is 7.67. The number of ether oxygens (including phenoxy) is 2. The topological polar surface area (TPSA) is 67.9 Å². The van der Waals surface area contributed by atoms with E-state index in [1.807, 2.05) is 12.1 Å². The molecule has 1 heterocycles. The SMILES string of the molecule is COCCOc1ccc(C(F)(F)F)cc1NC(=O)CCN1C(=O)CSc2ccccc21. The monoisotopic (exact) mass is 454 g/mol. The van der Waals surface area contributed by atoms with Gasteiger partial charge in [-0.05, 0) is 30.3 Å². The van der Waals surface area contributed by atoms with Crippen molar-refractivity contribution in [2.24, 2.45) is 0 Å². The van der Waals surface area contributed by atoms with E-state index in [1.165, 1.54) is 23.8 Å². The van der Waals surface area contributed by atoms with Crippen molar-refractivity contribution >= 4 is 35.0 Å². The van der Waals surface area contributed by atoms with Crippen LogP contribution in [0.4, 0.5) is 24.5 Å². The van der Waals surface area contributed by atoms with E-state index in [4.69, 9.17) is 9.47 Å². The maximum Gasteiger partial charge on any atom is 0.416 e. The van der Waals surface area contributed by atoms with Crippen LogP contribution in [0.2, 0.25) is 0 Å². The molecule has 0 atom stereocenters. The van der Waals surface area contributed by atoms with Crippen molar-refractivity contribution < 1.29 is 32.2 Å². The normalized spacial score (nSPS) is 13.7. The number of alkyl halides is 3. The summed E-state index contributed by atoms with van der Waals surface area (Å²) in [5.41, 5.74) is -0.268. The molecule has 0 unspecified atom stereocenters. The van der Waals surface area contributed by atoms with E-state index in [9.17, 15) is 22.8 Å². The minimum absolute atomic E-state index is 0.0848. The number of anilines is 2. The molecule has 0 saturated heterocycles. The quantitative estimate of drug-likeness (QED) is 0.606. The number of carbonyl (C=O) groups excluding carboxylic acids is 2. The second kappa shape index (κ2) is 10.1. The number of nitrogens with zero attached hydrogens (tertiary/aromatic N) is 1. The lowest BCUT2D eigenvalue weighted by molar-refractivity contribution is -0.137. The molecular formula is C21H21F3N2O4S. The van der Waals surface area contributed by atoms with Crippen LogP contribution in [0.5, 0.6) is 5.75 Å². The van der Waals surface area contributed by atoms with E-state index in [-0.39, 0.29) is 49.3 Å². The van der Waals surface area contributed by atoms with E-state index in [0.717, 1.165) is 28.8 Å². The molecule has 0 bridgehead atoms. The van der Waals surface area contributed by atoms with Gasteiger partial charge in [0.1, 0.15) is 12.4 Å². The molecule has 2 aromatic rings. The molecule has 0 saturated carbocycles. The minimum Gasteiger partial charge on any atom is -0.489 e. The van der Waals surface area contributed by atoms with E-state index in [1.54, 1.807) is 12.1 Å². The summed E-state index contributed by atoms with van der Waals surface area (Å²) in [7, 11) is 1.47. The molecule has 1 aliphatic heterocycles. The van der Waals surface area contributed by atoms with Crippen molar-refractivity contribution in [2.75, 3.05) is 42.8 Å². The van der Waals surface area contributed by atoms with Crippen LogP contribution in [0, 0.1) is 0 Å². The van der Waals surface area contributed by atoms with Gasteiger partial charge in [0.15, 0.2) is 0 Å². The smallest absolute Gasteiger partial charge is 0.416 e. The third-order valence-corrected chi connectivity index (χ3v) is 5.54. The van der Waals surface area contributed by atoms with Crippen LogP contribution in [-0.2, 0) is 20.5 Å². The van der Waals surface area contributed by atoms with Crippen LogP contribution in [0.25, 0.3) is 0 Å². The predicted octanol–water partition coefficient (Wildman–Crippen LogP) is 4.20. The van der Waals surface area contributed by atoms with Crippen LogP contribution in [0.1, 0.15) is 12.0 Å². The Morgan fingerprint density at radius 2 is 1.97 bits per heavy atom. The van der Waals surface area contributed by atoms with Gasteiger partial charge in [-0.25, -0.2) is 0 Å². The van der Waals surface area contributed by atoms with Gasteiger partial charge < -0.3 is 19.7 Å². The van der Waals surface area contributed by atoms with Gasteiger partial charge in [0, 0.05) is 25.0 Å². The molecule has 0 fully saturated rings. The number of hydrogen-bond acceptors (Lipinski definition) is 5. The Hall–Kier alpha value is -2.72. The summed E-state index contributed by atoms with van der Waals surface area (Å²) in [5, 5.41) is 2.48. The molecule has 1 aliphatic rings. The van der Waals surface area contributed by atoms with Crippen molar-refractivity contribution in [3.63, 3.8) is 0 Å². The second-order valence-electron chi connectivity index (χ2n) is 6.65. The highest BCUT2D eigenvalue weighted by Crippen LogP contribution is 2.36. The first-order chi connectivity index (χ1) is 14.8. The number of para-hydroxylation sites is 1. The number of benzene rings is 2. The van der Waals surface area contributed by atoms with Crippen LogP contribution < -0.4 is 15.0 Å². The Morgan fingerprint density at radius 3 is 2.71 bits per heavy atom. The molecular weight excluding hydrogens is 433 g/mol. The lowest BCUT2D eigenvalue weighted by atomic mass is 10.1. The minimum atomic E-state index is -4.56. The van der Waals surface area contributed by atoms with Crippen molar-refractivity contribution in [3.8, 4) is 5.75 Å². The van der Waals surface area contributed by atoms with Gasteiger partial charge in [-0.1, -0.05) is 12.1 Å². The number of methoxy groups -OCH3 is 1. The maximum absolute atomic E-state index is 13.1. The maximum atomic E-state index is 13.1. The molecule has 6 nitrogen and oxygen atoms in total. The number of nitrogens with one attached hydrogen (secondary N) is 1. The Bertz CT molecular complexity index is 952. The summed E-state index contributed by atoms with van der Waals surface area (Å²) < 4.78 is 49.6. The van der Waals surface area contributed by atoms with Gasteiger partial charge in [0.05, 0.1) is 29.3 Å². The number of rotatable bonds is 8. The number of halogens is 3. The van der Waals surface area contributed by atoms with Crippen molar-refractivity contribution in [3.05, 3.63) is 48.0 Å². The molecule has 0 aromatic heterocycles. The fourth-order valence-electron chi connectivity index (χ4n) is 2.99. The van der Waals surface area contributed by atoms with Gasteiger partial charge in [0.25, 0.3) is 0 Å². The number of hydrogen-bond donors (Lipinski definition) is 1. The predicted molar refractivity (Wildman–Crippen MR) is 112 cm³/mol. The molecule has 10 heteroatoms. The molecule has 2 amide bonds. The number of amides is 2. The van der Waals surface area contributed by atoms with E-state index in [2.05, 4.69) is 5.32 Å². The Labute approximate surface area is 181 Å². The molecule has 0 spiro atoms. The van der Waals surface area contributed by atoms with Crippen LogP contribution in [-0.4, -0.2) is 44.4 Å². The number of thioether (sulfide) groups is 1. The molecule has 2 aromatic carbocycles. The zero-order valence-electron chi connectivity index (χ0n) is 16.7. The van der Waals surface area contributed by atoms with E-state index in [0.29, 0.717) is 0 Å². The lowest BCUT2D eigenvalue weighted by Crippen LogP contribution is -2.37. The van der Waals surface area contributed by atoms with Gasteiger partial charge in [0.2, 0.25) is 11.8 Å². The zero-order valence-corrected chi connectivity index (χ0v) is 17.5. The molecule has 166 valence electrons. The van der Waals surface area contributed by atoms with Crippen LogP contribution >= 0.6 is 11.8 Å². The summed E-state index contributed by atoms with van der Waals surface area (Å²) in [6.07, 6.45) is -4.65. The van der Waals surface area contributed by atoms with Crippen molar-refractivity contribution in [1.82, 2.24) is 0 Å². The van der Waals surface area contributed by atoms with Gasteiger partial charge in [-0.2, -0.15) is 13.2 Å². The Morgan fingerprint density at radius 1 is 1.19 bits per heavy atom. The van der Waals surface area contributed by atoms with E-state index >= 15 is 0 Å². The molecule has 3 rings (SSSR count). The number of carbonyl (C=O) groups is 2. The fourth-order valence-corrected chi connectivity index (χ4v) is 3.93. The standard InChI is InChI=1S/C21H21F3N2O4S/c1-29-10-11-30-17-7-6-14(21(22,23)24)12-15(17)25-19(27)8-9-26-16-4-2-3-5-18(16)31-13-20(26)28/h2-7,12H,8-11,13H2,1H3,(H,25,27). The average molecular weight is 454 g/mol. The van der Waals surface area contributed by atoms with E-state index < -0.39 is 17.6 Å². The van der Waals surface area contributed by atoms with Crippen molar-refractivity contribution in [1.29, 1.82) is 0 Å². The van der Waals surface area contributed by atoms with Crippen LogP contribution in [0.15, 0.2) is 47.4 Å². The lowest BCUT2D eigenvalue weighted by Gasteiger charge is -2.28. The van der Waals surface area contributed by atoms with Gasteiger partial charge in [-0.15, -0.1) is 11.8 Å². The van der Waals surface area contributed by atoms with Gasteiger partial charge >= 0.3 is 6.18 Å². The number of fused-ring (bicyclic) bond motifs is 1. The van der Waals surface area contributed by atoms with Gasteiger partial charge in [-0.3, -0.25) is 9.59 Å². The highest BCUT2D eigenvalue weighted by atomic mass is 32.2. The first-order valence-corrected chi connectivity index (χ1v) is 10.4. The Kier molecular flexibility index (Phi) is 7.45. The first kappa shape index (κ1) is 23.0. The summed E-state index contributed by atoms with van der Waals surface area (Å²) in [6, 6.07) is 10.2. The third kappa shape index (κ3) is 5.92. The van der Waals surface area contributed by atoms with Crippen molar-refractivity contribution in [2.45, 2.75) is 17.5 Å². The van der Waals surface area contributed by atoms with Crippen LogP contribution in [0.3, 0.4) is 0 Å². The average Bonchev–Trinajstić information content (AvgIpc) is 2.73. The summed E-state index contributed by atoms with van der Waals surface area (Å²) in [5.74, 6) is -0.281. The largest absolute Gasteiger partial charge is 0.489 e. The first-order valence-electron chi connectivity index (χ1n) is 9.44. The summed E-state index contributed by atoms with van der Waals surface area (Å²) >= 11 is 1.43. The summed E-state index contributed by atoms with van der Waals surface area (Å²) in [4.78, 5) is 27.3. The highest BCUT2D eigenvalue weighted by Gasteiger charge is 2.31. The molecule has 1 N–H and O–H groups in total. The molecule has 0 aliphatic carbocycles. The molecule has 31 heavy (non-hydrogen) atoms.